The van der Waals surface area contributed by atoms with Crippen molar-refractivity contribution < 1.29 is 19.6 Å². The molecule has 0 saturated heterocycles. The van der Waals surface area contributed by atoms with Gasteiger partial charge in [-0.1, -0.05) is 12.1 Å². The number of carboxylic acids is 1. The Morgan fingerprint density at radius 1 is 1.23 bits per heavy atom. The fourth-order valence-electron chi connectivity index (χ4n) is 2.50. The largest absolute Gasteiger partial charge is 0.478 e. The standard InChI is InChI=1S/C18H13N3O5/c1-11-16(10-12-3-2-4-15(9-12)21(25)26)17(22)20(19-11)14-7-5-13(6-8-14)18(23)24/h2-10H,1H3,(H,23,24)/b16-10-. The maximum absolute atomic E-state index is 12.7. The first-order valence-electron chi connectivity index (χ1n) is 7.56. The van der Waals surface area contributed by atoms with Crippen molar-refractivity contribution in [2.45, 2.75) is 6.92 Å². The quantitative estimate of drug-likeness (QED) is 0.516. The van der Waals surface area contributed by atoms with Gasteiger partial charge < -0.3 is 5.11 Å². The molecular formula is C18H13N3O5. The van der Waals surface area contributed by atoms with E-state index in [0.717, 1.165) is 0 Å². The SMILES string of the molecule is CC1=NN(c2ccc(C(=O)O)cc2)C(=O)/C1=C\c1cccc([N+](=O)[O-])c1. The Bertz CT molecular complexity index is 977. The minimum Gasteiger partial charge on any atom is -0.478 e. The van der Waals surface area contributed by atoms with Crippen molar-refractivity contribution in [3.63, 3.8) is 0 Å². The molecule has 2 aromatic carbocycles. The molecular weight excluding hydrogens is 338 g/mol. The summed E-state index contributed by atoms with van der Waals surface area (Å²) in [5.41, 5.74) is 1.76. The van der Waals surface area contributed by atoms with Crippen molar-refractivity contribution in [2.24, 2.45) is 5.10 Å². The summed E-state index contributed by atoms with van der Waals surface area (Å²) in [5.74, 6) is -1.45. The van der Waals surface area contributed by atoms with E-state index in [1.54, 1.807) is 25.1 Å². The molecule has 0 fully saturated rings. The molecule has 8 heteroatoms. The number of hydrazone groups is 1. The van der Waals surface area contributed by atoms with Crippen molar-refractivity contribution in [1.82, 2.24) is 0 Å². The van der Waals surface area contributed by atoms with E-state index in [1.807, 2.05) is 0 Å². The number of anilines is 1. The second kappa shape index (κ2) is 6.60. The molecule has 3 rings (SSSR count). The lowest BCUT2D eigenvalue weighted by Gasteiger charge is -2.11. The summed E-state index contributed by atoms with van der Waals surface area (Å²) in [6.07, 6.45) is 1.54. The number of nitro groups is 1. The van der Waals surface area contributed by atoms with Gasteiger partial charge in [0.1, 0.15) is 0 Å². The van der Waals surface area contributed by atoms with Gasteiger partial charge in [-0.2, -0.15) is 10.1 Å². The highest BCUT2D eigenvalue weighted by Crippen LogP contribution is 2.26. The average molecular weight is 351 g/mol. The van der Waals surface area contributed by atoms with Crippen molar-refractivity contribution in [2.75, 3.05) is 5.01 Å². The molecule has 1 N–H and O–H groups in total. The third-order valence-corrected chi connectivity index (χ3v) is 3.81. The third kappa shape index (κ3) is 3.20. The summed E-state index contributed by atoms with van der Waals surface area (Å²) in [6, 6.07) is 11.7. The third-order valence-electron chi connectivity index (χ3n) is 3.81. The van der Waals surface area contributed by atoms with E-state index in [1.165, 1.54) is 41.4 Å². The average Bonchev–Trinajstić information content (AvgIpc) is 2.90. The molecule has 0 aliphatic carbocycles. The van der Waals surface area contributed by atoms with Crippen LogP contribution in [0.1, 0.15) is 22.8 Å². The number of carbonyl (C=O) groups is 2. The van der Waals surface area contributed by atoms with Crippen LogP contribution in [-0.2, 0) is 4.79 Å². The van der Waals surface area contributed by atoms with E-state index >= 15 is 0 Å². The number of hydrogen-bond donors (Lipinski definition) is 1. The van der Waals surface area contributed by atoms with Gasteiger partial charge in [-0.25, -0.2) is 4.79 Å². The summed E-state index contributed by atoms with van der Waals surface area (Å²) < 4.78 is 0. The van der Waals surface area contributed by atoms with Gasteiger partial charge in [0.2, 0.25) is 0 Å². The van der Waals surface area contributed by atoms with Gasteiger partial charge in [0.05, 0.1) is 27.5 Å². The summed E-state index contributed by atoms with van der Waals surface area (Å²) in [4.78, 5) is 33.9. The monoisotopic (exact) mass is 351 g/mol. The molecule has 0 radical (unpaired) electrons. The second-order valence-corrected chi connectivity index (χ2v) is 5.56. The zero-order valence-corrected chi connectivity index (χ0v) is 13.6. The molecule has 0 atom stereocenters. The molecule has 1 heterocycles. The van der Waals surface area contributed by atoms with Crippen molar-refractivity contribution in [1.29, 1.82) is 0 Å². The van der Waals surface area contributed by atoms with Crippen molar-refractivity contribution in [3.8, 4) is 0 Å². The minimum absolute atomic E-state index is 0.0690. The second-order valence-electron chi connectivity index (χ2n) is 5.56. The number of nitro benzene ring substituents is 1. The Balaban J connectivity index is 1.91. The van der Waals surface area contributed by atoms with Gasteiger partial charge in [-0.15, -0.1) is 0 Å². The van der Waals surface area contributed by atoms with Crippen LogP contribution in [-0.4, -0.2) is 27.6 Å². The number of carbonyl (C=O) groups excluding carboxylic acids is 1. The first kappa shape index (κ1) is 17.0. The summed E-state index contributed by atoms with van der Waals surface area (Å²) in [7, 11) is 0. The van der Waals surface area contributed by atoms with Crippen LogP contribution in [0.4, 0.5) is 11.4 Å². The number of nitrogens with zero attached hydrogens (tertiary/aromatic N) is 3. The Morgan fingerprint density at radius 3 is 2.54 bits per heavy atom. The van der Waals surface area contributed by atoms with Gasteiger partial charge >= 0.3 is 5.97 Å². The number of aromatic carboxylic acids is 1. The molecule has 0 unspecified atom stereocenters. The molecule has 0 aromatic heterocycles. The number of benzene rings is 2. The van der Waals surface area contributed by atoms with Gasteiger partial charge in [0, 0.05) is 12.1 Å². The number of non-ortho nitro benzene ring substituents is 1. The summed E-state index contributed by atoms with van der Waals surface area (Å²) >= 11 is 0. The smallest absolute Gasteiger partial charge is 0.335 e. The van der Waals surface area contributed by atoms with Crippen LogP contribution in [0.25, 0.3) is 6.08 Å². The van der Waals surface area contributed by atoms with Crippen LogP contribution in [0.15, 0.2) is 59.2 Å². The first-order valence-corrected chi connectivity index (χ1v) is 7.56. The van der Waals surface area contributed by atoms with Crippen LogP contribution in [0.2, 0.25) is 0 Å². The lowest BCUT2D eigenvalue weighted by Crippen LogP contribution is -2.21. The number of hydrogen-bond acceptors (Lipinski definition) is 5. The Hall–Kier alpha value is -3.81. The summed E-state index contributed by atoms with van der Waals surface area (Å²) in [5, 5.41) is 25.2. The molecule has 2 aromatic rings. The number of rotatable bonds is 4. The summed E-state index contributed by atoms with van der Waals surface area (Å²) in [6.45, 7) is 1.66. The van der Waals surface area contributed by atoms with E-state index in [2.05, 4.69) is 5.10 Å². The molecule has 0 bridgehead atoms. The molecule has 0 spiro atoms. The van der Waals surface area contributed by atoms with Gasteiger partial charge in [-0.3, -0.25) is 14.9 Å². The highest BCUT2D eigenvalue weighted by molar-refractivity contribution is 6.32. The van der Waals surface area contributed by atoms with Gasteiger partial charge in [-0.05, 0) is 42.8 Å². The fourth-order valence-corrected chi connectivity index (χ4v) is 2.50. The Kier molecular flexibility index (Phi) is 4.32. The van der Waals surface area contributed by atoms with Crippen LogP contribution in [0, 0.1) is 10.1 Å². The zero-order valence-electron chi connectivity index (χ0n) is 13.6. The fraction of sp³-hybridized carbons (Fsp3) is 0.0556. The first-order chi connectivity index (χ1) is 12.4. The van der Waals surface area contributed by atoms with Crippen LogP contribution >= 0.6 is 0 Å². The highest BCUT2D eigenvalue weighted by Gasteiger charge is 2.28. The normalized spacial score (nSPS) is 15.3. The lowest BCUT2D eigenvalue weighted by molar-refractivity contribution is -0.384. The van der Waals surface area contributed by atoms with E-state index in [4.69, 9.17) is 5.11 Å². The topological polar surface area (TPSA) is 113 Å². The molecule has 26 heavy (non-hydrogen) atoms. The maximum Gasteiger partial charge on any atom is 0.335 e. The van der Waals surface area contributed by atoms with Crippen molar-refractivity contribution >= 4 is 35.0 Å². The Labute approximate surface area is 147 Å². The predicted octanol–water partition coefficient (Wildman–Crippen LogP) is 3.10. The van der Waals surface area contributed by atoms with Crippen LogP contribution in [0.3, 0.4) is 0 Å². The van der Waals surface area contributed by atoms with Crippen LogP contribution < -0.4 is 5.01 Å². The van der Waals surface area contributed by atoms with Gasteiger partial charge in [0.15, 0.2) is 0 Å². The maximum atomic E-state index is 12.7. The number of carboxylic acid groups (broad SMARTS) is 1. The van der Waals surface area contributed by atoms with E-state index in [9.17, 15) is 19.7 Å². The van der Waals surface area contributed by atoms with E-state index in [0.29, 0.717) is 22.5 Å². The van der Waals surface area contributed by atoms with Crippen LogP contribution in [0.5, 0.6) is 0 Å². The molecule has 8 nitrogen and oxygen atoms in total. The highest BCUT2D eigenvalue weighted by atomic mass is 16.6. The Morgan fingerprint density at radius 2 is 1.92 bits per heavy atom. The van der Waals surface area contributed by atoms with Crippen molar-refractivity contribution in [3.05, 3.63) is 75.3 Å². The van der Waals surface area contributed by atoms with E-state index in [-0.39, 0.29) is 11.3 Å². The van der Waals surface area contributed by atoms with Gasteiger partial charge in [0.25, 0.3) is 11.6 Å². The molecule has 1 aliphatic rings. The predicted molar refractivity (Wildman–Crippen MR) is 95.1 cm³/mol. The zero-order chi connectivity index (χ0) is 18.8. The van der Waals surface area contributed by atoms with E-state index < -0.39 is 16.8 Å². The number of amides is 1. The molecule has 1 amide bonds. The minimum atomic E-state index is -1.06. The molecule has 1 aliphatic heterocycles. The lowest BCUT2D eigenvalue weighted by atomic mass is 10.1. The molecule has 130 valence electrons. The molecule has 0 saturated carbocycles.